The van der Waals surface area contributed by atoms with Gasteiger partial charge in [0.05, 0.1) is 10.6 Å². The summed E-state index contributed by atoms with van der Waals surface area (Å²) in [6, 6.07) is 21.7. The number of carbonyl (C=O) groups excluding carboxylic acids is 2. The fourth-order valence-electron chi connectivity index (χ4n) is 4.19. The van der Waals surface area contributed by atoms with E-state index in [0.29, 0.717) is 29.1 Å². The summed E-state index contributed by atoms with van der Waals surface area (Å²) in [5.74, 6) is -0.774. The number of benzene rings is 3. The lowest BCUT2D eigenvalue weighted by Gasteiger charge is -2.33. The molecule has 2 amide bonds. The Labute approximate surface area is 224 Å². The SMILES string of the molecule is CCC(C(=O)NC)N(CCc1ccccc1)C(=O)CN(c1ccc(Cl)cc1C)S(=O)(=O)c1ccccc1. The smallest absolute Gasteiger partial charge is 0.264 e. The van der Waals surface area contributed by atoms with Gasteiger partial charge in [-0.2, -0.15) is 0 Å². The van der Waals surface area contributed by atoms with E-state index in [-0.39, 0.29) is 17.3 Å². The molecule has 0 aliphatic rings. The summed E-state index contributed by atoms with van der Waals surface area (Å²) in [4.78, 5) is 28.1. The van der Waals surface area contributed by atoms with Crippen LogP contribution in [0.3, 0.4) is 0 Å². The molecular weight excluding hydrogens is 510 g/mol. The number of nitrogens with one attached hydrogen (secondary N) is 1. The van der Waals surface area contributed by atoms with E-state index in [9.17, 15) is 18.0 Å². The number of nitrogens with zero attached hydrogens (tertiary/aromatic N) is 2. The van der Waals surface area contributed by atoms with Gasteiger partial charge in [-0.25, -0.2) is 8.42 Å². The number of carbonyl (C=O) groups is 2. The number of halogens is 1. The minimum atomic E-state index is -4.10. The van der Waals surface area contributed by atoms with E-state index in [0.717, 1.165) is 9.87 Å². The number of hydrogen-bond donors (Lipinski definition) is 1. The molecule has 0 radical (unpaired) electrons. The van der Waals surface area contributed by atoms with Crippen LogP contribution < -0.4 is 9.62 Å². The van der Waals surface area contributed by atoms with Crippen LogP contribution in [-0.4, -0.2) is 51.3 Å². The van der Waals surface area contributed by atoms with Gasteiger partial charge in [0.25, 0.3) is 10.0 Å². The zero-order valence-electron chi connectivity index (χ0n) is 21.2. The van der Waals surface area contributed by atoms with Crippen molar-refractivity contribution in [3.63, 3.8) is 0 Å². The van der Waals surface area contributed by atoms with Crippen molar-refractivity contribution in [2.45, 2.75) is 37.6 Å². The molecule has 1 unspecified atom stereocenters. The quantitative estimate of drug-likeness (QED) is 0.389. The van der Waals surface area contributed by atoms with Crippen molar-refractivity contribution in [3.05, 3.63) is 95.0 Å². The first kappa shape index (κ1) is 28.2. The second-order valence-electron chi connectivity index (χ2n) is 8.62. The van der Waals surface area contributed by atoms with Crippen LogP contribution in [0.5, 0.6) is 0 Å². The molecule has 37 heavy (non-hydrogen) atoms. The van der Waals surface area contributed by atoms with Gasteiger partial charge in [0, 0.05) is 18.6 Å². The van der Waals surface area contributed by atoms with Crippen LogP contribution in [0.4, 0.5) is 5.69 Å². The Morgan fingerprint density at radius 3 is 2.16 bits per heavy atom. The lowest BCUT2D eigenvalue weighted by Crippen LogP contribution is -2.52. The van der Waals surface area contributed by atoms with E-state index in [4.69, 9.17) is 11.6 Å². The number of amides is 2. The Morgan fingerprint density at radius 1 is 0.973 bits per heavy atom. The number of likely N-dealkylation sites (N-methyl/N-ethyl adjacent to an activating group) is 1. The monoisotopic (exact) mass is 541 g/mol. The molecule has 3 rings (SSSR count). The van der Waals surface area contributed by atoms with Crippen molar-refractivity contribution in [2.24, 2.45) is 0 Å². The normalized spacial score (nSPS) is 12.0. The predicted octanol–water partition coefficient (Wildman–Crippen LogP) is 4.44. The Balaban J connectivity index is 2.02. The highest BCUT2D eigenvalue weighted by Gasteiger charge is 2.33. The third-order valence-corrected chi connectivity index (χ3v) is 8.16. The van der Waals surface area contributed by atoms with E-state index in [1.165, 1.54) is 24.1 Å². The minimum absolute atomic E-state index is 0.0614. The third-order valence-electron chi connectivity index (χ3n) is 6.15. The van der Waals surface area contributed by atoms with Crippen molar-refractivity contribution < 1.29 is 18.0 Å². The van der Waals surface area contributed by atoms with Crippen LogP contribution in [0.1, 0.15) is 24.5 Å². The third kappa shape index (κ3) is 6.90. The molecule has 0 spiro atoms. The molecule has 7 nitrogen and oxygen atoms in total. The average molecular weight is 542 g/mol. The van der Waals surface area contributed by atoms with Crippen molar-refractivity contribution >= 4 is 39.1 Å². The van der Waals surface area contributed by atoms with Gasteiger partial charge in [-0.05, 0) is 61.2 Å². The van der Waals surface area contributed by atoms with E-state index < -0.39 is 28.5 Å². The van der Waals surface area contributed by atoms with E-state index in [1.54, 1.807) is 43.3 Å². The topological polar surface area (TPSA) is 86.8 Å². The van der Waals surface area contributed by atoms with Gasteiger partial charge >= 0.3 is 0 Å². The number of hydrogen-bond acceptors (Lipinski definition) is 4. The Bertz CT molecular complexity index is 1320. The average Bonchev–Trinajstić information content (AvgIpc) is 2.90. The number of sulfonamides is 1. The summed E-state index contributed by atoms with van der Waals surface area (Å²) in [6.07, 6.45) is 0.900. The summed E-state index contributed by atoms with van der Waals surface area (Å²) < 4.78 is 28.7. The maximum Gasteiger partial charge on any atom is 0.264 e. The van der Waals surface area contributed by atoms with Crippen LogP contribution in [-0.2, 0) is 26.0 Å². The van der Waals surface area contributed by atoms with E-state index >= 15 is 0 Å². The maximum absolute atomic E-state index is 13.8. The van der Waals surface area contributed by atoms with Crippen molar-refractivity contribution in [1.29, 1.82) is 0 Å². The standard InChI is InChI=1S/C28H32ClN3O4S/c1-4-25(28(34)30-3)31(18-17-22-11-7-5-8-12-22)27(33)20-32(26-16-15-23(29)19-21(26)2)37(35,36)24-13-9-6-10-14-24/h5-16,19,25H,4,17-18,20H2,1-3H3,(H,30,34). The molecule has 0 heterocycles. The van der Waals surface area contributed by atoms with Gasteiger partial charge in [0.2, 0.25) is 11.8 Å². The van der Waals surface area contributed by atoms with Crippen molar-refractivity contribution in [3.8, 4) is 0 Å². The summed E-state index contributed by atoms with van der Waals surface area (Å²) in [5, 5.41) is 3.08. The lowest BCUT2D eigenvalue weighted by atomic mass is 10.1. The van der Waals surface area contributed by atoms with Gasteiger partial charge in [0.1, 0.15) is 12.6 Å². The molecular formula is C28H32ClN3O4S. The Hall–Kier alpha value is -3.36. The molecule has 0 saturated carbocycles. The lowest BCUT2D eigenvalue weighted by molar-refractivity contribution is -0.139. The van der Waals surface area contributed by atoms with Gasteiger partial charge in [-0.3, -0.25) is 13.9 Å². The molecule has 3 aromatic carbocycles. The molecule has 0 aliphatic heterocycles. The highest BCUT2D eigenvalue weighted by molar-refractivity contribution is 7.92. The van der Waals surface area contributed by atoms with Crippen LogP contribution in [0, 0.1) is 6.92 Å². The number of anilines is 1. The first-order valence-corrected chi connectivity index (χ1v) is 13.9. The largest absolute Gasteiger partial charge is 0.357 e. The summed E-state index contributed by atoms with van der Waals surface area (Å²) >= 11 is 6.13. The molecule has 3 aromatic rings. The first-order chi connectivity index (χ1) is 17.7. The number of rotatable bonds is 11. The van der Waals surface area contributed by atoms with Gasteiger partial charge < -0.3 is 10.2 Å². The Kier molecular flexibility index (Phi) is 9.72. The van der Waals surface area contributed by atoms with Gasteiger partial charge in [-0.1, -0.05) is 67.1 Å². The second kappa shape index (κ2) is 12.7. The minimum Gasteiger partial charge on any atom is -0.357 e. The fraction of sp³-hybridized carbons (Fsp3) is 0.286. The Morgan fingerprint density at radius 2 is 1.59 bits per heavy atom. The zero-order chi connectivity index (χ0) is 27.0. The molecule has 1 N–H and O–H groups in total. The first-order valence-electron chi connectivity index (χ1n) is 12.1. The molecule has 0 saturated heterocycles. The molecule has 0 aromatic heterocycles. The molecule has 1 atom stereocenters. The molecule has 0 fully saturated rings. The predicted molar refractivity (Wildman–Crippen MR) is 147 cm³/mol. The van der Waals surface area contributed by atoms with Crippen LogP contribution in [0.2, 0.25) is 5.02 Å². The van der Waals surface area contributed by atoms with E-state index in [1.807, 2.05) is 37.3 Å². The van der Waals surface area contributed by atoms with Crippen molar-refractivity contribution in [1.82, 2.24) is 10.2 Å². The maximum atomic E-state index is 13.8. The van der Waals surface area contributed by atoms with Gasteiger partial charge in [0.15, 0.2) is 0 Å². The number of aryl methyl sites for hydroxylation is 1. The summed E-state index contributed by atoms with van der Waals surface area (Å²) in [7, 11) is -2.58. The highest BCUT2D eigenvalue weighted by atomic mass is 35.5. The van der Waals surface area contributed by atoms with Crippen LogP contribution in [0.25, 0.3) is 0 Å². The molecule has 0 bridgehead atoms. The fourth-order valence-corrected chi connectivity index (χ4v) is 5.92. The second-order valence-corrected chi connectivity index (χ2v) is 10.9. The van der Waals surface area contributed by atoms with E-state index in [2.05, 4.69) is 5.32 Å². The van der Waals surface area contributed by atoms with Crippen LogP contribution in [0.15, 0.2) is 83.8 Å². The highest BCUT2D eigenvalue weighted by Crippen LogP contribution is 2.29. The molecule has 9 heteroatoms. The van der Waals surface area contributed by atoms with Gasteiger partial charge in [-0.15, -0.1) is 0 Å². The zero-order valence-corrected chi connectivity index (χ0v) is 22.8. The summed E-state index contributed by atoms with van der Waals surface area (Å²) in [5.41, 5.74) is 1.96. The summed E-state index contributed by atoms with van der Waals surface area (Å²) in [6.45, 7) is 3.35. The molecule has 196 valence electrons. The van der Waals surface area contributed by atoms with Crippen molar-refractivity contribution in [2.75, 3.05) is 24.4 Å². The van der Waals surface area contributed by atoms with Crippen LogP contribution >= 0.6 is 11.6 Å². The molecule has 0 aliphatic carbocycles.